The molecule has 6 heteroatoms. The molecule has 1 aliphatic rings. The van der Waals surface area contributed by atoms with Crippen LogP contribution in [0, 0.1) is 0 Å². The summed E-state index contributed by atoms with van der Waals surface area (Å²) >= 11 is 0. The fraction of sp³-hybridized carbons (Fsp3) is 0.667. The summed E-state index contributed by atoms with van der Waals surface area (Å²) < 4.78 is 26.7. The van der Waals surface area contributed by atoms with Gasteiger partial charge in [-0.05, 0) is 25.8 Å². The van der Waals surface area contributed by atoms with Crippen LogP contribution in [-0.4, -0.2) is 30.3 Å². The molecular weight excluding hydrogens is 250 g/mol. The van der Waals surface area contributed by atoms with Crippen LogP contribution in [0.15, 0.2) is 17.2 Å². The number of hydrogen-bond acceptors (Lipinski definition) is 3. The second-order valence-corrected chi connectivity index (χ2v) is 6.77. The number of nitrogens with one attached hydrogen (secondary N) is 1. The van der Waals surface area contributed by atoms with Crippen LogP contribution in [0.2, 0.25) is 0 Å². The van der Waals surface area contributed by atoms with Crippen molar-refractivity contribution in [3.63, 3.8) is 0 Å². The van der Waals surface area contributed by atoms with E-state index in [-0.39, 0.29) is 6.04 Å². The minimum Gasteiger partial charge on any atom is -0.363 e. The second-order valence-electron chi connectivity index (χ2n) is 4.88. The molecule has 5 nitrogen and oxygen atoms in total. The van der Waals surface area contributed by atoms with Crippen molar-refractivity contribution in [1.29, 1.82) is 0 Å². The smallest absolute Gasteiger partial charge is 0.244 e. The van der Waals surface area contributed by atoms with Gasteiger partial charge in [0.15, 0.2) is 0 Å². The third kappa shape index (κ3) is 2.60. The summed E-state index contributed by atoms with van der Waals surface area (Å²) in [5.74, 6) is 0. The molecule has 2 rings (SSSR count). The van der Waals surface area contributed by atoms with E-state index in [0.29, 0.717) is 18.0 Å². The Balaban J connectivity index is 2.28. The summed E-state index contributed by atoms with van der Waals surface area (Å²) in [7, 11) is -3.38. The topological polar surface area (TPSA) is 79.2 Å². The van der Waals surface area contributed by atoms with E-state index in [0.717, 1.165) is 31.4 Å². The standard InChI is InChI=1S/C12H21N3O2S/c1-10-5-3-2-4-6-15(10)18(16,17)12-7-11(8-13)14-9-12/h7,9-10,14H,2-6,8,13H2,1H3. The largest absolute Gasteiger partial charge is 0.363 e. The minimum atomic E-state index is -3.38. The predicted molar refractivity (Wildman–Crippen MR) is 70.5 cm³/mol. The van der Waals surface area contributed by atoms with E-state index in [1.165, 1.54) is 6.20 Å². The van der Waals surface area contributed by atoms with Gasteiger partial charge in [0.05, 0.1) is 4.90 Å². The Morgan fingerprint density at radius 3 is 2.89 bits per heavy atom. The highest BCUT2D eigenvalue weighted by atomic mass is 32.2. The summed E-state index contributed by atoms with van der Waals surface area (Å²) in [6.45, 7) is 2.93. The molecular formula is C12H21N3O2S. The van der Waals surface area contributed by atoms with E-state index >= 15 is 0 Å². The average molecular weight is 271 g/mol. The summed E-state index contributed by atoms with van der Waals surface area (Å²) in [4.78, 5) is 3.23. The number of nitrogens with two attached hydrogens (primary N) is 1. The van der Waals surface area contributed by atoms with Crippen molar-refractivity contribution < 1.29 is 8.42 Å². The lowest BCUT2D eigenvalue weighted by Gasteiger charge is -2.25. The van der Waals surface area contributed by atoms with Crippen LogP contribution in [0.5, 0.6) is 0 Å². The van der Waals surface area contributed by atoms with Gasteiger partial charge in [0.2, 0.25) is 10.0 Å². The fourth-order valence-electron chi connectivity index (χ4n) is 2.43. The van der Waals surface area contributed by atoms with E-state index in [1.54, 1.807) is 10.4 Å². The summed E-state index contributed by atoms with van der Waals surface area (Å²) in [5.41, 5.74) is 6.24. The van der Waals surface area contributed by atoms with Gasteiger partial charge in [-0.3, -0.25) is 0 Å². The second kappa shape index (κ2) is 5.42. The van der Waals surface area contributed by atoms with E-state index in [4.69, 9.17) is 5.73 Å². The number of hydrogen-bond donors (Lipinski definition) is 2. The zero-order valence-electron chi connectivity index (χ0n) is 10.7. The Hall–Kier alpha value is -0.850. The molecule has 1 unspecified atom stereocenters. The Kier molecular flexibility index (Phi) is 4.09. The van der Waals surface area contributed by atoms with Crippen LogP contribution in [-0.2, 0) is 16.6 Å². The van der Waals surface area contributed by atoms with Crippen LogP contribution >= 0.6 is 0 Å². The van der Waals surface area contributed by atoms with E-state index in [1.807, 2.05) is 6.92 Å². The van der Waals surface area contributed by atoms with Crippen LogP contribution in [0.3, 0.4) is 0 Å². The van der Waals surface area contributed by atoms with Crippen molar-refractivity contribution in [2.75, 3.05) is 6.54 Å². The molecule has 0 saturated carbocycles. The van der Waals surface area contributed by atoms with Crippen LogP contribution < -0.4 is 5.73 Å². The highest BCUT2D eigenvalue weighted by Gasteiger charge is 2.30. The molecule has 1 aliphatic heterocycles. The molecule has 0 bridgehead atoms. The van der Waals surface area contributed by atoms with Gasteiger partial charge in [0.1, 0.15) is 0 Å². The number of H-pyrrole nitrogens is 1. The van der Waals surface area contributed by atoms with Crippen molar-refractivity contribution in [2.24, 2.45) is 5.73 Å². The Bertz CT molecular complexity index is 495. The lowest BCUT2D eigenvalue weighted by molar-refractivity contribution is 0.342. The molecule has 0 aliphatic carbocycles. The van der Waals surface area contributed by atoms with E-state index in [2.05, 4.69) is 4.98 Å². The third-order valence-electron chi connectivity index (χ3n) is 3.53. The lowest BCUT2D eigenvalue weighted by Crippen LogP contribution is -2.38. The lowest BCUT2D eigenvalue weighted by atomic mass is 10.1. The van der Waals surface area contributed by atoms with Crippen molar-refractivity contribution in [3.8, 4) is 0 Å². The molecule has 1 atom stereocenters. The molecule has 102 valence electrons. The number of rotatable bonds is 3. The highest BCUT2D eigenvalue weighted by molar-refractivity contribution is 7.89. The van der Waals surface area contributed by atoms with E-state index < -0.39 is 10.0 Å². The maximum absolute atomic E-state index is 12.5. The first kappa shape index (κ1) is 13.6. The first-order valence-corrected chi connectivity index (χ1v) is 7.89. The molecule has 1 fully saturated rings. The van der Waals surface area contributed by atoms with Gasteiger partial charge in [-0.2, -0.15) is 4.31 Å². The molecule has 1 aromatic rings. The van der Waals surface area contributed by atoms with Crippen LogP contribution in [0.25, 0.3) is 0 Å². The summed E-state index contributed by atoms with van der Waals surface area (Å²) in [6, 6.07) is 1.71. The highest BCUT2D eigenvalue weighted by Crippen LogP contribution is 2.24. The van der Waals surface area contributed by atoms with Crippen molar-refractivity contribution in [1.82, 2.24) is 9.29 Å². The Morgan fingerprint density at radius 2 is 2.22 bits per heavy atom. The molecule has 1 saturated heterocycles. The van der Waals surface area contributed by atoms with Gasteiger partial charge < -0.3 is 10.7 Å². The number of nitrogens with zero attached hydrogens (tertiary/aromatic N) is 1. The summed E-state index contributed by atoms with van der Waals surface area (Å²) in [5, 5.41) is 0. The molecule has 1 aromatic heterocycles. The van der Waals surface area contributed by atoms with Gasteiger partial charge in [-0.25, -0.2) is 8.42 Å². The predicted octanol–water partition coefficient (Wildman–Crippen LogP) is 1.43. The normalized spacial score (nSPS) is 22.9. The maximum Gasteiger partial charge on any atom is 0.244 e. The van der Waals surface area contributed by atoms with Gasteiger partial charge in [0, 0.05) is 31.0 Å². The van der Waals surface area contributed by atoms with E-state index in [9.17, 15) is 8.42 Å². The zero-order valence-corrected chi connectivity index (χ0v) is 11.5. The molecule has 0 spiro atoms. The molecule has 3 N–H and O–H groups in total. The van der Waals surface area contributed by atoms with Crippen molar-refractivity contribution in [3.05, 3.63) is 18.0 Å². The monoisotopic (exact) mass is 271 g/mol. The number of aromatic nitrogens is 1. The van der Waals surface area contributed by atoms with Gasteiger partial charge >= 0.3 is 0 Å². The molecule has 0 amide bonds. The van der Waals surface area contributed by atoms with Gasteiger partial charge in [0.25, 0.3) is 0 Å². The average Bonchev–Trinajstić information content (AvgIpc) is 2.72. The number of aromatic amines is 1. The van der Waals surface area contributed by atoms with Crippen LogP contribution in [0.4, 0.5) is 0 Å². The fourth-order valence-corrected chi connectivity index (χ4v) is 4.15. The quantitative estimate of drug-likeness (QED) is 0.872. The van der Waals surface area contributed by atoms with Crippen molar-refractivity contribution in [2.45, 2.75) is 50.1 Å². The molecule has 18 heavy (non-hydrogen) atoms. The molecule has 0 radical (unpaired) electrons. The Morgan fingerprint density at radius 1 is 1.44 bits per heavy atom. The minimum absolute atomic E-state index is 0.0775. The summed E-state index contributed by atoms with van der Waals surface area (Å²) in [6.07, 6.45) is 5.63. The molecule has 0 aromatic carbocycles. The number of sulfonamides is 1. The maximum atomic E-state index is 12.5. The SMILES string of the molecule is CC1CCCCCN1S(=O)(=O)c1c[nH]c(CN)c1. The zero-order chi connectivity index (χ0) is 13.2. The van der Waals surface area contributed by atoms with Crippen LogP contribution in [0.1, 0.15) is 38.3 Å². The van der Waals surface area contributed by atoms with Gasteiger partial charge in [-0.1, -0.05) is 12.8 Å². The Labute approximate surface area is 108 Å². The van der Waals surface area contributed by atoms with Gasteiger partial charge in [-0.15, -0.1) is 0 Å². The third-order valence-corrected chi connectivity index (χ3v) is 5.53. The first-order chi connectivity index (χ1) is 8.55. The van der Waals surface area contributed by atoms with Crippen molar-refractivity contribution >= 4 is 10.0 Å². The molecule has 2 heterocycles. The first-order valence-electron chi connectivity index (χ1n) is 6.45.